The summed E-state index contributed by atoms with van der Waals surface area (Å²) in [5.41, 5.74) is 1.14. The van der Waals surface area contributed by atoms with Crippen molar-refractivity contribution in [3.05, 3.63) is 23.8 Å². The molecule has 4 heteroatoms. The lowest BCUT2D eigenvalue weighted by molar-refractivity contribution is 0.120. The van der Waals surface area contributed by atoms with Crippen molar-refractivity contribution in [1.82, 2.24) is 5.32 Å². The number of hydrogen-bond acceptors (Lipinski definition) is 4. The molecular weight excluding hydrogens is 230 g/mol. The van der Waals surface area contributed by atoms with E-state index in [1.807, 2.05) is 18.2 Å². The van der Waals surface area contributed by atoms with E-state index in [-0.39, 0.29) is 6.61 Å². The second-order valence-electron chi connectivity index (χ2n) is 4.68. The summed E-state index contributed by atoms with van der Waals surface area (Å²) in [6.07, 6.45) is -0.489. The van der Waals surface area contributed by atoms with Gasteiger partial charge in [-0.25, -0.2) is 0 Å². The monoisotopic (exact) mass is 253 g/mol. The van der Waals surface area contributed by atoms with Gasteiger partial charge < -0.3 is 19.9 Å². The SMILES string of the molecule is COc1cc(CNC(C)C)ccc1OCC(C)O. The molecule has 0 saturated heterocycles. The summed E-state index contributed by atoms with van der Waals surface area (Å²) >= 11 is 0. The minimum atomic E-state index is -0.489. The third-order valence-electron chi connectivity index (χ3n) is 2.42. The molecule has 0 bridgehead atoms. The molecule has 0 fully saturated rings. The molecule has 0 radical (unpaired) electrons. The first kappa shape index (κ1) is 14.8. The van der Waals surface area contributed by atoms with Crippen LogP contribution in [0.5, 0.6) is 11.5 Å². The Morgan fingerprint density at radius 2 is 1.94 bits per heavy atom. The van der Waals surface area contributed by atoms with E-state index >= 15 is 0 Å². The lowest BCUT2D eigenvalue weighted by Gasteiger charge is -2.14. The van der Waals surface area contributed by atoms with Gasteiger partial charge in [-0.3, -0.25) is 0 Å². The number of ether oxygens (including phenoxy) is 2. The summed E-state index contributed by atoms with van der Waals surface area (Å²) in [5.74, 6) is 1.35. The predicted octanol–water partition coefficient (Wildman–Crippen LogP) is 1.95. The van der Waals surface area contributed by atoms with Crippen molar-refractivity contribution in [2.75, 3.05) is 13.7 Å². The number of hydrogen-bond donors (Lipinski definition) is 2. The van der Waals surface area contributed by atoms with Crippen molar-refractivity contribution in [1.29, 1.82) is 0 Å². The van der Waals surface area contributed by atoms with E-state index < -0.39 is 6.10 Å². The van der Waals surface area contributed by atoms with Gasteiger partial charge >= 0.3 is 0 Å². The lowest BCUT2D eigenvalue weighted by atomic mass is 10.2. The summed E-state index contributed by atoms with van der Waals surface area (Å²) in [6.45, 7) is 6.97. The first-order valence-corrected chi connectivity index (χ1v) is 6.24. The second kappa shape index (κ2) is 7.24. The van der Waals surface area contributed by atoms with Crippen molar-refractivity contribution in [3.63, 3.8) is 0 Å². The molecule has 1 atom stereocenters. The van der Waals surface area contributed by atoms with Crippen molar-refractivity contribution in [3.8, 4) is 11.5 Å². The minimum absolute atomic E-state index is 0.264. The van der Waals surface area contributed by atoms with Gasteiger partial charge in [0.1, 0.15) is 6.61 Å². The molecular formula is C14H23NO3. The summed E-state index contributed by atoms with van der Waals surface area (Å²) in [7, 11) is 1.62. The molecule has 0 amide bonds. The molecule has 0 aliphatic rings. The number of methoxy groups -OCH3 is 1. The van der Waals surface area contributed by atoms with E-state index in [4.69, 9.17) is 9.47 Å². The highest BCUT2D eigenvalue weighted by atomic mass is 16.5. The Balaban J connectivity index is 2.70. The molecule has 0 heterocycles. The van der Waals surface area contributed by atoms with Crippen LogP contribution in [0.1, 0.15) is 26.3 Å². The molecule has 102 valence electrons. The minimum Gasteiger partial charge on any atom is -0.493 e. The number of rotatable bonds is 7. The zero-order valence-corrected chi connectivity index (χ0v) is 11.6. The van der Waals surface area contributed by atoms with E-state index in [2.05, 4.69) is 19.2 Å². The summed E-state index contributed by atoms with van der Waals surface area (Å²) in [5, 5.41) is 12.5. The van der Waals surface area contributed by atoms with Crippen LogP contribution in [0.2, 0.25) is 0 Å². The van der Waals surface area contributed by atoms with Crippen LogP contribution in [-0.4, -0.2) is 31.0 Å². The maximum Gasteiger partial charge on any atom is 0.161 e. The summed E-state index contributed by atoms with van der Waals surface area (Å²) in [6, 6.07) is 6.27. The predicted molar refractivity (Wildman–Crippen MR) is 72.1 cm³/mol. The Morgan fingerprint density at radius 1 is 1.22 bits per heavy atom. The standard InChI is InChI=1S/C14H23NO3/c1-10(2)15-8-12-5-6-13(14(7-12)17-4)18-9-11(3)16/h5-7,10-11,15-16H,8-9H2,1-4H3. The Kier molecular flexibility index (Phi) is 5.95. The summed E-state index contributed by atoms with van der Waals surface area (Å²) in [4.78, 5) is 0. The zero-order valence-electron chi connectivity index (χ0n) is 11.6. The van der Waals surface area contributed by atoms with E-state index in [1.165, 1.54) is 0 Å². The van der Waals surface area contributed by atoms with Crippen LogP contribution in [0.4, 0.5) is 0 Å². The van der Waals surface area contributed by atoms with Gasteiger partial charge in [-0.1, -0.05) is 19.9 Å². The average molecular weight is 253 g/mol. The van der Waals surface area contributed by atoms with E-state index in [9.17, 15) is 5.11 Å². The summed E-state index contributed by atoms with van der Waals surface area (Å²) < 4.78 is 10.8. The van der Waals surface area contributed by atoms with Crippen LogP contribution >= 0.6 is 0 Å². The van der Waals surface area contributed by atoms with Crippen LogP contribution < -0.4 is 14.8 Å². The Labute approximate surface area is 109 Å². The highest BCUT2D eigenvalue weighted by Gasteiger charge is 2.07. The molecule has 1 aromatic rings. The number of nitrogens with one attached hydrogen (secondary N) is 1. The first-order valence-electron chi connectivity index (χ1n) is 6.24. The van der Waals surface area contributed by atoms with Crippen molar-refractivity contribution < 1.29 is 14.6 Å². The van der Waals surface area contributed by atoms with Gasteiger partial charge in [-0.2, -0.15) is 0 Å². The molecule has 1 rings (SSSR count). The van der Waals surface area contributed by atoms with Crippen LogP contribution in [0.25, 0.3) is 0 Å². The van der Waals surface area contributed by atoms with Crippen molar-refractivity contribution in [2.24, 2.45) is 0 Å². The van der Waals surface area contributed by atoms with E-state index in [0.717, 1.165) is 12.1 Å². The van der Waals surface area contributed by atoms with Crippen LogP contribution in [0, 0.1) is 0 Å². The molecule has 4 nitrogen and oxygen atoms in total. The van der Waals surface area contributed by atoms with E-state index in [0.29, 0.717) is 17.5 Å². The highest BCUT2D eigenvalue weighted by Crippen LogP contribution is 2.28. The van der Waals surface area contributed by atoms with Gasteiger partial charge in [0.15, 0.2) is 11.5 Å². The zero-order chi connectivity index (χ0) is 13.5. The molecule has 0 saturated carbocycles. The highest BCUT2D eigenvalue weighted by molar-refractivity contribution is 5.43. The normalized spacial score (nSPS) is 12.6. The molecule has 0 aliphatic heterocycles. The number of aliphatic hydroxyl groups is 1. The molecule has 2 N–H and O–H groups in total. The maximum atomic E-state index is 9.20. The Bertz CT molecular complexity index is 364. The molecule has 0 aliphatic carbocycles. The fraction of sp³-hybridized carbons (Fsp3) is 0.571. The largest absolute Gasteiger partial charge is 0.493 e. The fourth-order valence-corrected chi connectivity index (χ4v) is 1.47. The third-order valence-corrected chi connectivity index (χ3v) is 2.42. The van der Waals surface area contributed by atoms with Gasteiger partial charge in [0.2, 0.25) is 0 Å². The molecule has 0 spiro atoms. The van der Waals surface area contributed by atoms with Gasteiger partial charge in [0.25, 0.3) is 0 Å². The van der Waals surface area contributed by atoms with Crippen LogP contribution in [0.15, 0.2) is 18.2 Å². The van der Waals surface area contributed by atoms with Gasteiger partial charge in [-0.15, -0.1) is 0 Å². The second-order valence-corrected chi connectivity index (χ2v) is 4.68. The first-order chi connectivity index (χ1) is 8.52. The van der Waals surface area contributed by atoms with Gasteiger partial charge in [0, 0.05) is 12.6 Å². The lowest BCUT2D eigenvalue weighted by Crippen LogP contribution is -2.21. The topological polar surface area (TPSA) is 50.7 Å². The van der Waals surface area contributed by atoms with Gasteiger partial charge in [0.05, 0.1) is 13.2 Å². The Morgan fingerprint density at radius 3 is 2.50 bits per heavy atom. The maximum absolute atomic E-state index is 9.20. The third kappa shape index (κ3) is 4.94. The number of aliphatic hydroxyl groups excluding tert-OH is 1. The molecule has 0 aromatic heterocycles. The van der Waals surface area contributed by atoms with Crippen molar-refractivity contribution in [2.45, 2.75) is 39.5 Å². The smallest absolute Gasteiger partial charge is 0.161 e. The Hall–Kier alpha value is -1.26. The van der Waals surface area contributed by atoms with Crippen LogP contribution in [-0.2, 0) is 6.54 Å². The fourth-order valence-electron chi connectivity index (χ4n) is 1.47. The quantitative estimate of drug-likeness (QED) is 0.780. The van der Waals surface area contributed by atoms with Crippen molar-refractivity contribution >= 4 is 0 Å². The molecule has 1 aromatic carbocycles. The van der Waals surface area contributed by atoms with Gasteiger partial charge in [-0.05, 0) is 24.6 Å². The average Bonchev–Trinajstić information content (AvgIpc) is 2.34. The van der Waals surface area contributed by atoms with E-state index in [1.54, 1.807) is 14.0 Å². The number of benzene rings is 1. The van der Waals surface area contributed by atoms with Crippen LogP contribution in [0.3, 0.4) is 0 Å². The molecule has 18 heavy (non-hydrogen) atoms. The molecule has 1 unspecified atom stereocenters.